The number of ether oxygens (including phenoxy) is 2. The third-order valence-electron chi connectivity index (χ3n) is 4.14. The summed E-state index contributed by atoms with van der Waals surface area (Å²) in [6.45, 7) is 5.98. The summed E-state index contributed by atoms with van der Waals surface area (Å²) < 4.78 is 11.0. The maximum absolute atomic E-state index is 11.3. The summed E-state index contributed by atoms with van der Waals surface area (Å²) in [5, 5.41) is 14.1. The summed E-state index contributed by atoms with van der Waals surface area (Å²) in [6, 6.07) is 8.66. The molecule has 0 radical (unpaired) electrons. The van der Waals surface area contributed by atoms with Gasteiger partial charge in [0, 0.05) is 24.7 Å². The van der Waals surface area contributed by atoms with Crippen molar-refractivity contribution in [3.05, 3.63) is 41.6 Å². The van der Waals surface area contributed by atoms with E-state index in [2.05, 4.69) is 25.4 Å². The second-order valence-electron chi connectivity index (χ2n) is 7.45. The first-order valence-corrected chi connectivity index (χ1v) is 9.56. The predicted molar refractivity (Wildman–Crippen MR) is 113 cm³/mol. The number of morpholine rings is 1. The molecule has 10 nitrogen and oxygen atoms in total. The monoisotopic (exact) mass is 414 g/mol. The van der Waals surface area contributed by atoms with Crippen molar-refractivity contribution in [3.63, 3.8) is 0 Å². The number of aliphatic hydroxyl groups is 1. The fraction of sp³-hybridized carbons (Fsp3) is 0.400. The van der Waals surface area contributed by atoms with Crippen LogP contribution >= 0.6 is 0 Å². The summed E-state index contributed by atoms with van der Waals surface area (Å²) >= 11 is 0. The van der Waals surface area contributed by atoms with Crippen LogP contribution in [0.2, 0.25) is 0 Å². The first-order valence-electron chi connectivity index (χ1n) is 9.56. The van der Waals surface area contributed by atoms with Crippen LogP contribution in [0.5, 0.6) is 6.01 Å². The van der Waals surface area contributed by atoms with Crippen molar-refractivity contribution in [2.75, 3.05) is 43.2 Å². The zero-order chi connectivity index (χ0) is 21.6. The molecular weight excluding hydrogens is 388 g/mol. The highest BCUT2D eigenvalue weighted by molar-refractivity contribution is 5.93. The van der Waals surface area contributed by atoms with Crippen LogP contribution in [0.3, 0.4) is 0 Å². The van der Waals surface area contributed by atoms with E-state index in [0.29, 0.717) is 49.1 Å². The Bertz CT molecular complexity index is 906. The lowest BCUT2D eigenvalue weighted by molar-refractivity contribution is 0.0250. The molecule has 1 aromatic carbocycles. The molecular formula is C20H26N6O4. The van der Waals surface area contributed by atoms with Crippen LogP contribution in [0.1, 0.15) is 29.9 Å². The number of nitrogens with two attached hydrogens (primary N) is 1. The standard InChI is InChI=1S/C20H26N6O4/c1-20(2,28)13-30-19-23-16(11-17(24-19)26-6-8-29-9-7-26)12-22-25-15-5-3-4-14(10-15)18(21)27/h3-5,10-12,25,28H,6-9,13H2,1-2H3,(H2,21,27)/b22-12+. The molecule has 2 heterocycles. The number of carbonyl (C=O) groups is 1. The molecule has 1 aliphatic rings. The maximum atomic E-state index is 11.3. The van der Waals surface area contributed by atoms with Crippen LogP contribution in [-0.4, -0.2) is 65.7 Å². The number of hydrogen-bond donors (Lipinski definition) is 3. The van der Waals surface area contributed by atoms with Gasteiger partial charge in [0.1, 0.15) is 12.4 Å². The van der Waals surface area contributed by atoms with Gasteiger partial charge < -0.3 is 25.2 Å². The lowest BCUT2D eigenvalue weighted by Crippen LogP contribution is -2.37. The topological polar surface area (TPSA) is 135 Å². The molecule has 2 aromatic rings. The molecule has 0 saturated carbocycles. The van der Waals surface area contributed by atoms with Crippen molar-refractivity contribution < 1.29 is 19.4 Å². The molecule has 0 aliphatic carbocycles. The lowest BCUT2D eigenvalue weighted by Gasteiger charge is -2.28. The zero-order valence-corrected chi connectivity index (χ0v) is 17.0. The third kappa shape index (κ3) is 6.39. The van der Waals surface area contributed by atoms with Crippen LogP contribution in [0.4, 0.5) is 11.5 Å². The van der Waals surface area contributed by atoms with Crippen LogP contribution < -0.4 is 20.8 Å². The number of amides is 1. The van der Waals surface area contributed by atoms with E-state index in [9.17, 15) is 9.90 Å². The highest BCUT2D eigenvalue weighted by Crippen LogP contribution is 2.18. The Morgan fingerprint density at radius 2 is 2.13 bits per heavy atom. The minimum Gasteiger partial charge on any atom is -0.460 e. The first-order chi connectivity index (χ1) is 14.3. The number of carbonyl (C=O) groups excluding carboxylic acids is 1. The van der Waals surface area contributed by atoms with Crippen molar-refractivity contribution in [2.45, 2.75) is 19.4 Å². The van der Waals surface area contributed by atoms with E-state index >= 15 is 0 Å². The first kappa shape index (κ1) is 21.5. The number of hydrogen-bond acceptors (Lipinski definition) is 9. The van der Waals surface area contributed by atoms with E-state index in [-0.39, 0.29) is 12.6 Å². The molecule has 1 aliphatic heterocycles. The van der Waals surface area contributed by atoms with Crippen LogP contribution in [0, 0.1) is 0 Å². The number of anilines is 2. The zero-order valence-electron chi connectivity index (χ0n) is 17.0. The van der Waals surface area contributed by atoms with Gasteiger partial charge in [0.05, 0.1) is 36.4 Å². The van der Waals surface area contributed by atoms with Crippen LogP contribution in [-0.2, 0) is 4.74 Å². The summed E-state index contributed by atoms with van der Waals surface area (Å²) in [6.07, 6.45) is 1.53. The Balaban J connectivity index is 1.78. The normalized spacial score (nSPS) is 14.7. The molecule has 0 bridgehead atoms. The molecule has 1 aromatic heterocycles. The SMILES string of the molecule is CC(C)(O)COc1nc(/C=N/Nc2cccc(C(N)=O)c2)cc(N2CCOCC2)n1. The number of nitrogens with one attached hydrogen (secondary N) is 1. The van der Waals surface area contributed by atoms with Crippen LogP contribution in [0.25, 0.3) is 0 Å². The molecule has 0 spiro atoms. The highest BCUT2D eigenvalue weighted by atomic mass is 16.5. The van der Waals surface area contributed by atoms with E-state index in [4.69, 9.17) is 15.2 Å². The number of aromatic nitrogens is 2. The molecule has 4 N–H and O–H groups in total. The summed E-state index contributed by atoms with van der Waals surface area (Å²) in [5.74, 6) is 0.179. The molecule has 0 unspecified atom stereocenters. The summed E-state index contributed by atoms with van der Waals surface area (Å²) in [5.41, 5.74) is 8.66. The van der Waals surface area contributed by atoms with Gasteiger partial charge in [0.2, 0.25) is 5.91 Å². The summed E-state index contributed by atoms with van der Waals surface area (Å²) in [7, 11) is 0. The van der Waals surface area contributed by atoms with Crippen molar-refractivity contribution in [3.8, 4) is 6.01 Å². The molecule has 160 valence electrons. The van der Waals surface area contributed by atoms with E-state index in [1.807, 2.05) is 0 Å². The van der Waals surface area contributed by atoms with Gasteiger partial charge in [-0.2, -0.15) is 15.1 Å². The number of rotatable bonds is 8. The Hall–Kier alpha value is -3.24. The fourth-order valence-electron chi connectivity index (χ4n) is 2.67. The van der Waals surface area contributed by atoms with Gasteiger partial charge in [-0.15, -0.1) is 0 Å². The minimum absolute atomic E-state index is 0.0499. The van der Waals surface area contributed by atoms with Crippen LogP contribution in [0.15, 0.2) is 35.4 Å². The second kappa shape index (κ2) is 9.51. The second-order valence-corrected chi connectivity index (χ2v) is 7.45. The summed E-state index contributed by atoms with van der Waals surface area (Å²) in [4.78, 5) is 22.2. The Morgan fingerprint density at radius 3 is 2.83 bits per heavy atom. The quantitative estimate of drug-likeness (QED) is 0.430. The molecule has 1 amide bonds. The largest absolute Gasteiger partial charge is 0.460 e. The molecule has 10 heteroatoms. The number of primary amides is 1. The predicted octanol–water partition coefficient (Wildman–Crippen LogP) is 1.01. The minimum atomic E-state index is -1.01. The van der Waals surface area contributed by atoms with Crippen molar-refractivity contribution in [1.82, 2.24) is 9.97 Å². The maximum Gasteiger partial charge on any atom is 0.319 e. The molecule has 3 rings (SSSR count). The van der Waals surface area contributed by atoms with Gasteiger partial charge in [-0.25, -0.2) is 0 Å². The van der Waals surface area contributed by atoms with E-state index in [1.165, 1.54) is 6.21 Å². The average molecular weight is 414 g/mol. The van der Waals surface area contributed by atoms with Gasteiger partial charge >= 0.3 is 6.01 Å². The Kier molecular flexibility index (Phi) is 6.80. The molecule has 1 saturated heterocycles. The number of hydrazone groups is 1. The van der Waals surface area contributed by atoms with Gasteiger partial charge in [-0.05, 0) is 32.0 Å². The van der Waals surface area contributed by atoms with E-state index in [1.54, 1.807) is 44.2 Å². The van der Waals surface area contributed by atoms with Crippen molar-refractivity contribution >= 4 is 23.6 Å². The molecule has 30 heavy (non-hydrogen) atoms. The number of benzene rings is 1. The smallest absolute Gasteiger partial charge is 0.319 e. The average Bonchev–Trinajstić information content (AvgIpc) is 2.72. The highest BCUT2D eigenvalue weighted by Gasteiger charge is 2.18. The van der Waals surface area contributed by atoms with Gasteiger partial charge in [0.25, 0.3) is 0 Å². The lowest BCUT2D eigenvalue weighted by atomic mass is 10.2. The molecule has 1 fully saturated rings. The Morgan fingerprint density at radius 1 is 1.37 bits per heavy atom. The van der Waals surface area contributed by atoms with Crippen molar-refractivity contribution in [1.29, 1.82) is 0 Å². The van der Waals surface area contributed by atoms with E-state index in [0.717, 1.165) is 0 Å². The fourth-order valence-corrected chi connectivity index (χ4v) is 2.67. The number of nitrogens with zero attached hydrogens (tertiary/aromatic N) is 4. The van der Waals surface area contributed by atoms with Gasteiger partial charge in [-0.1, -0.05) is 6.07 Å². The van der Waals surface area contributed by atoms with Gasteiger partial charge in [-0.3, -0.25) is 10.2 Å². The van der Waals surface area contributed by atoms with Gasteiger partial charge in [0.15, 0.2) is 0 Å². The van der Waals surface area contributed by atoms with Crippen molar-refractivity contribution in [2.24, 2.45) is 10.8 Å². The van der Waals surface area contributed by atoms with E-state index < -0.39 is 11.5 Å². The third-order valence-corrected chi connectivity index (χ3v) is 4.14. The molecule has 0 atom stereocenters. The Labute approximate surface area is 174 Å².